The van der Waals surface area contributed by atoms with Crippen molar-refractivity contribution in [2.45, 2.75) is 13.3 Å². The largest absolute Gasteiger partial charge is 0.0765 e. The van der Waals surface area contributed by atoms with Gasteiger partial charge in [0, 0.05) is 0 Å². The SMILES string of the molecule is CC1=CCc2ccc[c]c21. The number of benzene rings is 1. The molecule has 0 unspecified atom stereocenters. The smallest absolute Gasteiger partial charge is 0.00852 e. The summed E-state index contributed by atoms with van der Waals surface area (Å²) in [6, 6.07) is 9.42. The molecular weight excluding hydrogens is 120 g/mol. The third-order valence-electron chi connectivity index (χ3n) is 1.96. The van der Waals surface area contributed by atoms with E-state index in [4.69, 9.17) is 0 Å². The van der Waals surface area contributed by atoms with Crippen molar-refractivity contribution in [3.8, 4) is 0 Å². The van der Waals surface area contributed by atoms with Crippen LogP contribution in [0, 0.1) is 6.07 Å². The van der Waals surface area contributed by atoms with E-state index in [2.05, 4.69) is 25.1 Å². The third kappa shape index (κ3) is 0.688. The lowest BCUT2D eigenvalue weighted by Gasteiger charge is -1.96. The number of hydrogen-bond acceptors (Lipinski definition) is 0. The highest BCUT2D eigenvalue weighted by molar-refractivity contribution is 5.70. The quantitative estimate of drug-likeness (QED) is 0.504. The Morgan fingerprint density at radius 3 is 3.20 bits per heavy atom. The van der Waals surface area contributed by atoms with Gasteiger partial charge in [-0.25, -0.2) is 0 Å². The highest BCUT2D eigenvalue weighted by Gasteiger charge is 2.07. The van der Waals surface area contributed by atoms with Crippen molar-refractivity contribution < 1.29 is 0 Å². The van der Waals surface area contributed by atoms with Gasteiger partial charge in [0.25, 0.3) is 0 Å². The Kier molecular flexibility index (Phi) is 1.13. The van der Waals surface area contributed by atoms with Gasteiger partial charge in [-0.05, 0) is 36.1 Å². The van der Waals surface area contributed by atoms with E-state index in [0.717, 1.165) is 6.42 Å². The molecule has 0 N–H and O–H groups in total. The number of fused-ring (bicyclic) bond motifs is 1. The van der Waals surface area contributed by atoms with E-state index in [1.165, 1.54) is 16.7 Å². The van der Waals surface area contributed by atoms with Crippen molar-refractivity contribution >= 4 is 5.57 Å². The summed E-state index contributed by atoms with van der Waals surface area (Å²) in [6.07, 6.45) is 3.35. The molecule has 0 heterocycles. The van der Waals surface area contributed by atoms with E-state index in [1.807, 2.05) is 12.1 Å². The maximum absolute atomic E-state index is 3.23. The third-order valence-corrected chi connectivity index (χ3v) is 1.96. The summed E-state index contributed by atoms with van der Waals surface area (Å²) in [7, 11) is 0. The summed E-state index contributed by atoms with van der Waals surface area (Å²) >= 11 is 0. The molecule has 1 aliphatic carbocycles. The van der Waals surface area contributed by atoms with E-state index >= 15 is 0 Å². The van der Waals surface area contributed by atoms with E-state index in [-0.39, 0.29) is 0 Å². The normalized spacial score (nSPS) is 14.7. The Balaban J connectivity index is 2.61. The minimum Gasteiger partial charge on any atom is -0.0765 e. The zero-order chi connectivity index (χ0) is 6.97. The molecular formula is C10H9. The standard InChI is InChI=1S/C10H9/c1-8-6-7-9-4-2-3-5-10(8)9/h2-4,6H,7H2,1H3. The monoisotopic (exact) mass is 129 g/mol. The van der Waals surface area contributed by atoms with Crippen LogP contribution in [0.4, 0.5) is 0 Å². The first kappa shape index (κ1) is 5.72. The fourth-order valence-corrected chi connectivity index (χ4v) is 1.37. The molecule has 1 radical (unpaired) electrons. The maximum Gasteiger partial charge on any atom is -0.00852 e. The number of rotatable bonds is 0. The van der Waals surface area contributed by atoms with E-state index < -0.39 is 0 Å². The van der Waals surface area contributed by atoms with Crippen molar-refractivity contribution in [2.75, 3.05) is 0 Å². The molecule has 0 spiro atoms. The van der Waals surface area contributed by atoms with E-state index in [1.54, 1.807) is 0 Å². The molecule has 1 aromatic carbocycles. The lowest BCUT2D eigenvalue weighted by atomic mass is 10.1. The lowest BCUT2D eigenvalue weighted by Crippen LogP contribution is -1.80. The molecule has 0 fully saturated rings. The molecule has 0 saturated carbocycles. The molecule has 0 aromatic heterocycles. The highest BCUT2D eigenvalue weighted by atomic mass is 14.1. The summed E-state index contributed by atoms with van der Waals surface area (Å²) < 4.78 is 0. The molecule has 0 amide bonds. The predicted molar refractivity (Wildman–Crippen MR) is 42.6 cm³/mol. The van der Waals surface area contributed by atoms with Gasteiger partial charge in [-0.3, -0.25) is 0 Å². The maximum atomic E-state index is 3.23. The van der Waals surface area contributed by atoms with Crippen LogP contribution in [0.1, 0.15) is 18.1 Å². The Morgan fingerprint density at radius 1 is 1.50 bits per heavy atom. The lowest BCUT2D eigenvalue weighted by molar-refractivity contribution is 1.31. The number of allylic oxidation sites excluding steroid dienone is 2. The highest BCUT2D eigenvalue weighted by Crippen LogP contribution is 2.25. The molecule has 0 bridgehead atoms. The second-order valence-electron chi connectivity index (χ2n) is 2.66. The summed E-state index contributed by atoms with van der Waals surface area (Å²) in [5.41, 5.74) is 4.10. The van der Waals surface area contributed by atoms with Crippen molar-refractivity contribution in [1.82, 2.24) is 0 Å². The van der Waals surface area contributed by atoms with Gasteiger partial charge < -0.3 is 0 Å². The Morgan fingerprint density at radius 2 is 2.40 bits per heavy atom. The Labute approximate surface area is 61.2 Å². The van der Waals surface area contributed by atoms with Gasteiger partial charge in [0.2, 0.25) is 0 Å². The molecule has 1 aromatic rings. The fraction of sp³-hybridized carbons (Fsp3) is 0.200. The van der Waals surface area contributed by atoms with E-state index in [0.29, 0.717) is 0 Å². The van der Waals surface area contributed by atoms with Gasteiger partial charge in [-0.15, -0.1) is 0 Å². The Bertz CT molecular complexity index is 282. The molecule has 1 aliphatic rings. The first-order valence-electron chi connectivity index (χ1n) is 3.54. The molecule has 2 rings (SSSR count). The van der Waals surface area contributed by atoms with Crippen LogP contribution in [0.5, 0.6) is 0 Å². The topological polar surface area (TPSA) is 0 Å². The van der Waals surface area contributed by atoms with Crippen LogP contribution in [-0.2, 0) is 6.42 Å². The van der Waals surface area contributed by atoms with Crippen LogP contribution < -0.4 is 0 Å². The van der Waals surface area contributed by atoms with Gasteiger partial charge in [0.05, 0.1) is 0 Å². The van der Waals surface area contributed by atoms with Crippen molar-refractivity contribution in [1.29, 1.82) is 0 Å². The minimum atomic E-state index is 1.10. The molecule has 10 heavy (non-hydrogen) atoms. The fourth-order valence-electron chi connectivity index (χ4n) is 1.37. The molecule has 49 valence electrons. The van der Waals surface area contributed by atoms with Crippen LogP contribution in [0.25, 0.3) is 5.57 Å². The van der Waals surface area contributed by atoms with Gasteiger partial charge in [-0.2, -0.15) is 0 Å². The predicted octanol–water partition coefficient (Wildman–Crippen LogP) is 2.45. The van der Waals surface area contributed by atoms with Crippen LogP contribution in [0.3, 0.4) is 0 Å². The van der Waals surface area contributed by atoms with Gasteiger partial charge in [0.15, 0.2) is 0 Å². The summed E-state index contributed by atoms with van der Waals surface area (Å²) in [5.74, 6) is 0. The summed E-state index contributed by atoms with van der Waals surface area (Å²) in [4.78, 5) is 0. The summed E-state index contributed by atoms with van der Waals surface area (Å²) in [6.45, 7) is 2.14. The average molecular weight is 129 g/mol. The van der Waals surface area contributed by atoms with Crippen molar-refractivity contribution in [3.63, 3.8) is 0 Å². The summed E-state index contributed by atoms with van der Waals surface area (Å²) in [5, 5.41) is 0. The molecule has 0 aliphatic heterocycles. The van der Waals surface area contributed by atoms with Crippen LogP contribution in [0.15, 0.2) is 24.3 Å². The number of hydrogen-bond donors (Lipinski definition) is 0. The zero-order valence-corrected chi connectivity index (χ0v) is 6.02. The van der Waals surface area contributed by atoms with E-state index in [9.17, 15) is 0 Å². The van der Waals surface area contributed by atoms with Gasteiger partial charge in [-0.1, -0.05) is 24.3 Å². The average Bonchev–Trinajstić information content (AvgIpc) is 2.34. The molecule has 0 nitrogen and oxygen atoms in total. The van der Waals surface area contributed by atoms with Crippen molar-refractivity contribution in [2.24, 2.45) is 0 Å². The zero-order valence-electron chi connectivity index (χ0n) is 6.02. The van der Waals surface area contributed by atoms with Gasteiger partial charge >= 0.3 is 0 Å². The first-order valence-corrected chi connectivity index (χ1v) is 3.54. The van der Waals surface area contributed by atoms with Crippen LogP contribution in [0.2, 0.25) is 0 Å². The van der Waals surface area contributed by atoms with Gasteiger partial charge in [0.1, 0.15) is 0 Å². The molecule has 0 heteroatoms. The van der Waals surface area contributed by atoms with Crippen LogP contribution in [-0.4, -0.2) is 0 Å². The van der Waals surface area contributed by atoms with Crippen molar-refractivity contribution in [3.05, 3.63) is 41.5 Å². The second-order valence-corrected chi connectivity index (χ2v) is 2.66. The molecule has 0 saturated heterocycles. The Hall–Kier alpha value is -1.04. The molecule has 0 atom stereocenters. The van der Waals surface area contributed by atoms with Crippen LogP contribution >= 0.6 is 0 Å². The first-order chi connectivity index (χ1) is 4.88. The second kappa shape index (κ2) is 1.98. The minimum absolute atomic E-state index is 1.10.